The van der Waals surface area contributed by atoms with Crippen molar-refractivity contribution in [3.8, 4) is 6.07 Å². The first kappa shape index (κ1) is 35.8. The van der Waals surface area contributed by atoms with Crippen molar-refractivity contribution in [2.75, 3.05) is 5.32 Å². The Morgan fingerprint density at radius 3 is 2.35 bits per heavy atom. The monoisotopic (exact) mass is 695 g/mol. The first-order chi connectivity index (χ1) is 22.8. The van der Waals surface area contributed by atoms with Crippen molar-refractivity contribution in [2.45, 2.75) is 89.1 Å². The molecule has 48 heavy (non-hydrogen) atoms. The third kappa shape index (κ3) is 7.10. The maximum atomic E-state index is 16.7. The predicted octanol–water partition coefficient (Wildman–Crippen LogP) is 9.52. The Hall–Kier alpha value is -3.51. The summed E-state index contributed by atoms with van der Waals surface area (Å²) in [7, 11) is 0. The number of carboxylic acids is 1. The summed E-state index contributed by atoms with van der Waals surface area (Å²) in [6, 6.07) is 15.6. The minimum atomic E-state index is -1.29. The topological polar surface area (TPSA) is 102 Å². The van der Waals surface area contributed by atoms with Crippen LogP contribution in [0.3, 0.4) is 0 Å². The molecule has 1 aliphatic heterocycles. The van der Waals surface area contributed by atoms with Gasteiger partial charge in [0, 0.05) is 34.5 Å². The molecule has 2 fully saturated rings. The lowest BCUT2D eigenvalue weighted by Crippen LogP contribution is -2.53. The molecule has 1 saturated heterocycles. The van der Waals surface area contributed by atoms with Gasteiger partial charge in [0.15, 0.2) is 0 Å². The third-order valence-corrected chi connectivity index (χ3v) is 10.7. The average Bonchev–Trinajstić information content (AvgIpc) is 3.35. The fraction of sp³-hybridized carbons (Fsp3) is 0.447. The predicted molar refractivity (Wildman–Crippen MR) is 184 cm³/mol. The van der Waals surface area contributed by atoms with Gasteiger partial charge < -0.3 is 15.7 Å². The van der Waals surface area contributed by atoms with Crippen LogP contribution < -0.4 is 10.6 Å². The molecule has 1 saturated carbocycles. The number of aromatic carboxylic acids is 1. The standard InChI is InChI=1S/C38H41Cl2F2N3O3/c1-37(2,3)21-31-38(28-17-14-24(39)20-30(28)41,27(18-19-43)22-8-5-4-6-9-22)32(26-10-7-11-29(40)33(26)42)34(45-31)35(46)44-25-15-12-23(13-16-25)36(47)48/h7,10-17,20,22,27,31-32,34,45H,4-6,8-9,18,21H2,1-3H3,(H,44,46)(H,47,48)/t27?,31-,32-,34+,38+/m0/s1. The Bertz CT molecular complexity index is 1700. The van der Waals surface area contributed by atoms with E-state index in [1.165, 1.54) is 36.4 Å². The van der Waals surface area contributed by atoms with E-state index in [1.807, 2.05) is 0 Å². The van der Waals surface area contributed by atoms with Crippen LogP contribution >= 0.6 is 23.2 Å². The highest BCUT2D eigenvalue weighted by molar-refractivity contribution is 6.31. The maximum absolute atomic E-state index is 16.7. The van der Waals surface area contributed by atoms with Crippen LogP contribution in [0.15, 0.2) is 60.7 Å². The number of carbonyl (C=O) groups excluding carboxylic acids is 1. The maximum Gasteiger partial charge on any atom is 0.335 e. The van der Waals surface area contributed by atoms with Gasteiger partial charge in [-0.15, -0.1) is 0 Å². The first-order valence-electron chi connectivity index (χ1n) is 16.4. The number of hydrogen-bond donors (Lipinski definition) is 3. The second-order valence-electron chi connectivity index (χ2n) is 14.4. The fourth-order valence-electron chi connectivity index (χ4n) is 8.37. The average molecular weight is 697 g/mol. The van der Waals surface area contributed by atoms with Crippen molar-refractivity contribution in [3.05, 3.63) is 99.0 Å². The molecule has 2 aliphatic rings. The van der Waals surface area contributed by atoms with Crippen LogP contribution in [0.4, 0.5) is 14.5 Å². The van der Waals surface area contributed by atoms with Crippen molar-refractivity contribution < 1.29 is 23.5 Å². The molecule has 0 aromatic heterocycles. The lowest BCUT2D eigenvalue weighted by atomic mass is 9.51. The lowest BCUT2D eigenvalue weighted by Gasteiger charge is -2.51. The van der Waals surface area contributed by atoms with E-state index in [-0.39, 0.29) is 44.5 Å². The van der Waals surface area contributed by atoms with E-state index in [0.29, 0.717) is 12.1 Å². The number of amides is 1. The van der Waals surface area contributed by atoms with Gasteiger partial charge in [0.05, 0.1) is 22.7 Å². The van der Waals surface area contributed by atoms with Crippen LogP contribution in [-0.2, 0) is 10.2 Å². The normalized spacial score (nSPS) is 23.8. The van der Waals surface area contributed by atoms with Crippen LogP contribution in [0, 0.1) is 40.2 Å². The van der Waals surface area contributed by atoms with E-state index in [4.69, 9.17) is 23.2 Å². The van der Waals surface area contributed by atoms with Gasteiger partial charge in [-0.2, -0.15) is 5.26 Å². The molecule has 3 aromatic carbocycles. The molecule has 1 unspecified atom stereocenters. The molecule has 254 valence electrons. The first-order valence-corrected chi connectivity index (χ1v) is 17.2. The number of hydrogen-bond acceptors (Lipinski definition) is 4. The molecule has 5 atom stereocenters. The minimum absolute atomic E-state index is 0.00728. The number of nitriles is 1. The number of rotatable bonds is 9. The van der Waals surface area contributed by atoms with Crippen molar-refractivity contribution in [1.82, 2.24) is 5.32 Å². The minimum Gasteiger partial charge on any atom is -0.478 e. The smallest absolute Gasteiger partial charge is 0.335 e. The molecule has 0 bridgehead atoms. The number of carbonyl (C=O) groups is 2. The Balaban J connectivity index is 1.82. The molecule has 1 amide bonds. The van der Waals surface area contributed by atoms with Crippen LogP contribution in [0.2, 0.25) is 10.0 Å². The molecule has 10 heteroatoms. The number of benzene rings is 3. The molecule has 1 heterocycles. The SMILES string of the molecule is CC(C)(C)C[C@@H]1N[C@@H](C(=O)Nc2ccc(C(=O)O)cc2)[C@H](c2cccc(Cl)c2F)[C@@]1(c1ccc(Cl)cc1F)C(CC#N)C1CCCCC1. The Labute approximate surface area is 290 Å². The van der Waals surface area contributed by atoms with Gasteiger partial charge >= 0.3 is 5.97 Å². The summed E-state index contributed by atoms with van der Waals surface area (Å²) < 4.78 is 33.2. The summed E-state index contributed by atoms with van der Waals surface area (Å²) in [5.41, 5.74) is -0.780. The summed E-state index contributed by atoms with van der Waals surface area (Å²) in [5.74, 6) is -4.35. The third-order valence-electron chi connectivity index (χ3n) is 10.2. The van der Waals surface area contributed by atoms with E-state index in [9.17, 15) is 20.0 Å². The molecule has 6 nitrogen and oxygen atoms in total. The van der Waals surface area contributed by atoms with Gasteiger partial charge in [-0.25, -0.2) is 13.6 Å². The Kier molecular flexibility index (Phi) is 10.8. The van der Waals surface area contributed by atoms with E-state index in [2.05, 4.69) is 37.5 Å². The molecule has 3 aromatic rings. The van der Waals surface area contributed by atoms with Crippen molar-refractivity contribution >= 4 is 40.8 Å². The van der Waals surface area contributed by atoms with Gasteiger partial charge in [0.25, 0.3) is 0 Å². The van der Waals surface area contributed by atoms with E-state index < -0.39 is 52.8 Å². The summed E-state index contributed by atoms with van der Waals surface area (Å²) in [6.45, 7) is 6.18. The van der Waals surface area contributed by atoms with Crippen LogP contribution in [-0.4, -0.2) is 29.1 Å². The molecule has 5 rings (SSSR count). The zero-order valence-electron chi connectivity index (χ0n) is 27.3. The van der Waals surface area contributed by atoms with E-state index >= 15 is 8.78 Å². The number of halogens is 4. The summed E-state index contributed by atoms with van der Waals surface area (Å²) in [4.78, 5) is 26.0. The van der Waals surface area contributed by atoms with Crippen molar-refractivity contribution in [1.29, 1.82) is 5.26 Å². The Morgan fingerprint density at radius 1 is 1.06 bits per heavy atom. The van der Waals surface area contributed by atoms with Gasteiger partial charge in [0.1, 0.15) is 11.6 Å². The second-order valence-corrected chi connectivity index (χ2v) is 15.2. The number of nitrogens with one attached hydrogen (secondary N) is 2. The van der Waals surface area contributed by atoms with Crippen molar-refractivity contribution in [3.63, 3.8) is 0 Å². The second kappa shape index (κ2) is 14.5. The Morgan fingerprint density at radius 2 is 1.75 bits per heavy atom. The molecule has 0 spiro atoms. The highest BCUT2D eigenvalue weighted by Gasteiger charge is 2.64. The summed E-state index contributed by atoms with van der Waals surface area (Å²) in [5, 5.41) is 26.3. The number of carboxylic acid groups (broad SMARTS) is 1. The van der Waals surface area contributed by atoms with Crippen LogP contribution in [0.5, 0.6) is 0 Å². The van der Waals surface area contributed by atoms with Gasteiger partial charge in [0.2, 0.25) is 5.91 Å². The molecule has 0 radical (unpaired) electrons. The highest BCUT2D eigenvalue weighted by Crippen LogP contribution is 2.60. The number of nitrogens with zero attached hydrogens (tertiary/aromatic N) is 1. The molecular formula is C38H41Cl2F2N3O3. The van der Waals surface area contributed by atoms with E-state index in [1.54, 1.807) is 24.3 Å². The largest absolute Gasteiger partial charge is 0.478 e. The summed E-state index contributed by atoms with van der Waals surface area (Å²) >= 11 is 12.7. The van der Waals surface area contributed by atoms with E-state index in [0.717, 1.165) is 32.1 Å². The fourth-order valence-corrected chi connectivity index (χ4v) is 8.71. The lowest BCUT2D eigenvalue weighted by molar-refractivity contribution is -0.118. The molecule has 1 aliphatic carbocycles. The van der Waals surface area contributed by atoms with Gasteiger partial charge in [-0.05, 0) is 77.3 Å². The van der Waals surface area contributed by atoms with Gasteiger partial charge in [-0.3, -0.25) is 4.79 Å². The summed E-state index contributed by atoms with van der Waals surface area (Å²) in [6.07, 6.45) is 5.15. The van der Waals surface area contributed by atoms with Crippen molar-refractivity contribution in [2.24, 2.45) is 17.3 Å². The van der Waals surface area contributed by atoms with Crippen LogP contribution in [0.25, 0.3) is 0 Å². The number of anilines is 1. The van der Waals surface area contributed by atoms with Gasteiger partial charge in [-0.1, -0.05) is 94.3 Å². The van der Waals surface area contributed by atoms with Crippen LogP contribution in [0.1, 0.15) is 93.1 Å². The quantitative estimate of drug-likeness (QED) is 0.207. The zero-order valence-corrected chi connectivity index (χ0v) is 28.8. The molecule has 3 N–H and O–H groups in total. The molecular weight excluding hydrogens is 655 g/mol. The zero-order chi connectivity index (χ0) is 34.8. The highest BCUT2D eigenvalue weighted by atomic mass is 35.5.